The normalized spacial score (nSPS) is 16.8. The molecule has 2 rings (SSSR count). The smallest absolute Gasteiger partial charge is 0.240 e. The molecule has 2 amide bonds. The number of likely N-dealkylation sites (N-methyl/N-ethyl adjacent to an activating group) is 1. The van der Waals surface area contributed by atoms with Crippen molar-refractivity contribution in [2.45, 2.75) is 38.8 Å². The van der Waals surface area contributed by atoms with E-state index in [2.05, 4.69) is 10.6 Å². The van der Waals surface area contributed by atoms with Gasteiger partial charge < -0.3 is 15.5 Å². The molecule has 1 heterocycles. The first-order valence-electron chi connectivity index (χ1n) is 8.13. The average Bonchev–Trinajstić information content (AvgIpc) is 2.59. The molecule has 2 N–H and O–H groups in total. The highest BCUT2D eigenvalue weighted by atomic mass is 35.5. The molecule has 0 bridgehead atoms. The van der Waals surface area contributed by atoms with E-state index in [9.17, 15) is 14.0 Å². The van der Waals surface area contributed by atoms with Gasteiger partial charge in [-0.25, -0.2) is 4.39 Å². The summed E-state index contributed by atoms with van der Waals surface area (Å²) >= 11 is 0. The first kappa shape index (κ1) is 20.4. The van der Waals surface area contributed by atoms with Gasteiger partial charge in [0.1, 0.15) is 5.82 Å². The fraction of sp³-hybridized carbons (Fsp3) is 0.529. The molecule has 134 valence electrons. The molecule has 1 fully saturated rings. The van der Waals surface area contributed by atoms with Crippen LogP contribution < -0.4 is 10.6 Å². The third-order valence-corrected chi connectivity index (χ3v) is 4.04. The Balaban J connectivity index is 0.00000288. The maximum Gasteiger partial charge on any atom is 0.240 e. The number of hydrogen-bond donors (Lipinski definition) is 2. The second kappa shape index (κ2) is 10.3. The molecule has 0 unspecified atom stereocenters. The van der Waals surface area contributed by atoms with Crippen molar-refractivity contribution in [2.75, 3.05) is 19.6 Å². The van der Waals surface area contributed by atoms with Gasteiger partial charge in [-0.1, -0.05) is 18.6 Å². The molecule has 5 nitrogen and oxygen atoms in total. The Labute approximate surface area is 148 Å². The summed E-state index contributed by atoms with van der Waals surface area (Å²) in [5.41, 5.74) is 0.822. The van der Waals surface area contributed by atoms with E-state index in [1.807, 2.05) is 6.92 Å². The third kappa shape index (κ3) is 6.09. The van der Waals surface area contributed by atoms with E-state index in [0.717, 1.165) is 31.4 Å². The van der Waals surface area contributed by atoms with E-state index in [1.165, 1.54) is 12.1 Å². The van der Waals surface area contributed by atoms with Crippen LogP contribution in [0.4, 0.5) is 4.39 Å². The average molecular weight is 358 g/mol. The molecule has 1 aliphatic rings. The van der Waals surface area contributed by atoms with Gasteiger partial charge in [-0.2, -0.15) is 0 Å². The highest BCUT2D eigenvalue weighted by Gasteiger charge is 2.25. The number of amides is 2. The number of benzene rings is 1. The largest absolute Gasteiger partial charge is 0.350 e. The van der Waals surface area contributed by atoms with Crippen LogP contribution >= 0.6 is 12.4 Å². The van der Waals surface area contributed by atoms with E-state index in [4.69, 9.17) is 0 Å². The summed E-state index contributed by atoms with van der Waals surface area (Å²) in [5.74, 6) is -0.521. The van der Waals surface area contributed by atoms with Crippen LogP contribution in [0.25, 0.3) is 0 Å². The van der Waals surface area contributed by atoms with Gasteiger partial charge in [-0.15, -0.1) is 12.4 Å². The minimum absolute atomic E-state index is 0. The molecule has 24 heavy (non-hydrogen) atoms. The summed E-state index contributed by atoms with van der Waals surface area (Å²) in [4.78, 5) is 26.0. The van der Waals surface area contributed by atoms with Gasteiger partial charge in [-0.05, 0) is 44.0 Å². The number of rotatable bonds is 6. The van der Waals surface area contributed by atoms with Gasteiger partial charge in [0.15, 0.2) is 0 Å². The minimum atomic E-state index is -0.303. The Morgan fingerprint density at radius 1 is 1.29 bits per heavy atom. The molecule has 1 atom stereocenters. The maximum atomic E-state index is 12.8. The number of piperidine rings is 1. The first-order valence-corrected chi connectivity index (χ1v) is 8.13. The Morgan fingerprint density at radius 2 is 2.00 bits per heavy atom. The zero-order valence-electron chi connectivity index (χ0n) is 13.9. The number of nitrogens with one attached hydrogen (secondary N) is 2. The van der Waals surface area contributed by atoms with Crippen molar-refractivity contribution in [3.63, 3.8) is 0 Å². The lowest BCUT2D eigenvalue weighted by Gasteiger charge is -2.29. The fourth-order valence-corrected chi connectivity index (χ4v) is 2.66. The molecular formula is C17H25ClFN3O2. The Hall–Kier alpha value is -1.66. The zero-order valence-corrected chi connectivity index (χ0v) is 14.7. The predicted octanol–water partition coefficient (Wildman–Crippen LogP) is 1.85. The van der Waals surface area contributed by atoms with Gasteiger partial charge in [0.25, 0.3) is 0 Å². The van der Waals surface area contributed by atoms with Gasteiger partial charge in [0.2, 0.25) is 11.8 Å². The van der Waals surface area contributed by atoms with Crippen molar-refractivity contribution in [2.24, 2.45) is 0 Å². The second-order valence-corrected chi connectivity index (χ2v) is 5.76. The van der Waals surface area contributed by atoms with Gasteiger partial charge in [0.05, 0.1) is 12.6 Å². The number of halogens is 2. The summed E-state index contributed by atoms with van der Waals surface area (Å²) in [5, 5.41) is 5.98. The van der Waals surface area contributed by atoms with Crippen LogP contribution in [0, 0.1) is 5.82 Å². The summed E-state index contributed by atoms with van der Waals surface area (Å²) < 4.78 is 12.8. The summed E-state index contributed by atoms with van der Waals surface area (Å²) in [6.07, 6.45) is 2.96. The lowest BCUT2D eigenvalue weighted by molar-refractivity contribution is -0.138. The van der Waals surface area contributed by atoms with E-state index in [1.54, 1.807) is 17.0 Å². The van der Waals surface area contributed by atoms with Crippen molar-refractivity contribution in [1.82, 2.24) is 15.5 Å². The molecule has 0 spiro atoms. The second-order valence-electron chi connectivity index (χ2n) is 5.76. The van der Waals surface area contributed by atoms with Crippen molar-refractivity contribution in [1.29, 1.82) is 0 Å². The highest BCUT2D eigenvalue weighted by molar-refractivity contribution is 5.87. The Morgan fingerprint density at radius 3 is 2.58 bits per heavy atom. The fourth-order valence-electron chi connectivity index (χ4n) is 2.66. The first-order chi connectivity index (χ1) is 11.1. The molecular weight excluding hydrogens is 333 g/mol. The Kier molecular flexibility index (Phi) is 8.71. The number of carbonyl (C=O) groups excluding carboxylic acids is 2. The Bertz CT molecular complexity index is 533. The molecule has 1 aromatic rings. The van der Waals surface area contributed by atoms with Crippen LogP contribution in [0.2, 0.25) is 0 Å². The van der Waals surface area contributed by atoms with Crippen molar-refractivity contribution in [3.8, 4) is 0 Å². The molecule has 7 heteroatoms. The quantitative estimate of drug-likeness (QED) is 0.816. The third-order valence-electron chi connectivity index (χ3n) is 4.04. The number of carbonyl (C=O) groups is 2. The lowest BCUT2D eigenvalue weighted by Crippen LogP contribution is -2.51. The van der Waals surface area contributed by atoms with Crippen LogP contribution in [0.3, 0.4) is 0 Å². The van der Waals surface area contributed by atoms with Gasteiger partial charge in [0, 0.05) is 13.1 Å². The topological polar surface area (TPSA) is 61.4 Å². The van der Waals surface area contributed by atoms with Crippen molar-refractivity contribution >= 4 is 24.2 Å². The molecule has 0 saturated carbocycles. The summed E-state index contributed by atoms with van der Waals surface area (Å²) in [6.45, 7) is 3.60. The monoisotopic (exact) mass is 357 g/mol. The predicted molar refractivity (Wildman–Crippen MR) is 93.4 cm³/mol. The van der Waals surface area contributed by atoms with Crippen LogP contribution in [-0.4, -0.2) is 42.4 Å². The molecule has 0 radical (unpaired) electrons. The van der Waals surface area contributed by atoms with Crippen LogP contribution in [0.5, 0.6) is 0 Å². The molecule has 0 aliphatic carbocycles. The van der Waals surface area contributed by atoms with Crippen LogP contribution in [-0.2, 0) is 16.1 Å². The standard InChI is InChI=1S/C17H24FN3O2.ClH/c1-2-21(17(23)15-5-3-4-10-19-15)12-16(22)20-11-13-6-8-14(18)9-7-13;/h6-9,15,19H,2-5,10-12H2,1H3,(H,20,22);1H/t15-;/m0./s1. The number of nitrogens with zero attached hydrogens (tertiary/aromatic N) is 1. The summed E-state index contributed by atoms with van der Waals surface area (Å²) in [6, 6.07) is 5.80. The van der Waals surface area contributed by atoms with E-state index < -0.39 is 0 Å². The maximum absolute atomic E-state index is 12.8. The lowest BCUT2D eigenvalue weighted by atomic mass is 10.0. The molecule has 1 saturated heterocycles. The molecule has 1 aliphatic heterocycles. The van der Waals surface area contributed by atoms with E-state index >= 15 is 0 Å². The van der Waals surface area contributed by atoms with Crippen molar-refractivity contribution < 1.29 is 14.0 Å². The SMILES string of the molecule is CCN(CC(=O)NCc1ccc(F)cc1)C(=O)[C@@H]1CCCCN1.Cl. The van der Waals surface area contributed by atoms with Gasteiger partial charge >= 0.3 is 0 Å². The highest BCUT2D eigenvalue weighted by Crippen LogP contribution is 2.10. The van der Waals surface area contributed by atoms with Crippen LogP contribution in [0.1, 0.15) is 31.7 Å². The summed E-state index contributed by atoms with van der Waals surface area (Å²) in [7, 11) is 0. The number of hydrogen-bond acceptors (Lipinski definition) is 3. The molecule has 1 aromatic carbocycles. The molecule has 0 aromatic heterocycles. The zero-order chi connectivity index (χ0) is 16.7. The van der Waals surface area contributed by atoms with E-state index in [-0.39, 0.29) is 42.6 Å². The van der Waals surface area contributed by atoms with Crippen LogP contribution in [0.15, 0.2) is 24.3 Å². The van der Waals surface area contributed by atoms with Gasteiger partial charge in [-0.3, -0.25) is 9.59 Å². The van der Waals surface area contributed by atoms with Crippen molar-refractivity contribution in [3.05, 3.63) is 35.6 Å². The minimum Gasteiger partial charge on any atom is -0.350 e. The van der Waals surface area contributed by atoms with E-state index in [0.29, 0.717) is 13.1 Å².